The lowest BCUT2D eigenvalue weighted by molar-refractivity contribution is -0.144. The summed E-state index contributed by atoms with van der Waals surface area (Å²) in [6.45, 7) is 7.85. The second kappa shape index (κ2) is 18.0. The van der Waals surface area contributed by atoms with E-state index in [4.69, 9.17) is 25.8 Å². The fourth-order valence-corrected chi connectivity index (χ4v) is 6.26. The molecule has 3 aromatic carbocycles. The third kappa shape index (κ3) is 10.1. The van der Waals surface area contributed by atoms with Gasteiger partial charge in [0, 0.05) is 42.7 Å². The molecule has 0 bridgehead atoms. The van der Waals surface area contributed by atoms with Gasteiger partial charge in [-0.2, -0.15) is 5.26 Å². The number of hydrogen-bond acceptors (Lipinski definition) is 8. The Morgan fingerprint density at radius 2 is 1.88 bits per heavy atom. The lowest BCUT2D eigenvalue weighted by Gasteiger charge is -2.33. The first-order chi connectivity index (χ1) is 24.7. The summed E-state index contributed by atoms with van der Waals surface area (Å²) in [5.41, 5.74) is 5.93. The zero-order chi connectivity index (χ0) is 36.2. The third-order valence-corrected chi connectivity index (χ3v) is 9.05. The van der Waals surface area contributed by atoms with E-state index in [0.717, 1.165) is 52.0 Å². The molecule has 1 saturated heterocycles. The SMILES string of the molecule is C=CC(=O)NCCCOc1cccc(-c2cccc(COc3cc(OCc4cncc(C#N)c4)c(CN4CCCC[C@H]4C(=O)O)cc3Cl)c2C)c1. The van der Waals surface area contributed by atoms with Crippen molar-refractivity contribution in [1.82, 2.24) is 15.2 Å². The van der Waals surface area contributed by atoms with Crippen LogP contribution >= 0.6 is 11.6 Å². The van der Waals surface area contributed by atoms with E-state index in [1.54, 1.807) is 24.4 Å². The molecule has 1 fully saturated rings. The zero-order valence-electron chi connectivity index (χ0n) is 28.6. The minimum absolute atomic E-state index is 0.148. The van der Waals surface area contributed by atoms with Gasteiger partial charge >= 0.3 is 5.97 Å². The van der Waals surface area contributed by atoms with E-state index in [9.17, 15) is 20.0 Å². The highest BCUT2D eigenvalue weighted by Gasteiger charge is 2.29. The van der Waals surface area contributed by atoms with Crippen LogP contribution in [0.1, 0.15) is 53.5 Å². The van der Waals surface area contributed by atoms with Gasteiger partial charge in [0.2, 0.25) is 5.91 Å². The number of carbonyl (C=O) groups is 2. The number of nitrogens with one attached hydrogen (secondary N) is 1. The summed E-state index contributed by atoms with van der Waals surface area (Å²) in [5.74, 6) is 0.627. The highest BCUT2D eigenvalue weighted by atomic mass is 35.5. The Labute approximate surface area is 303 Å². The van der Waals surface area contributed by atoms with E-state index in [1.807, 2.05) is 48.2 Å². The number of carboxylic acid groups (broad SMARTS) is 1. The molecule has 10 nitrogen and oxygen atoms in total. The first-order valence-electron chi connectivity index (χ1n) is 16.9. The van der Waals surface area contributed by atoms with Crippen molar-refractivity contribution in [1.29, 1.82) is 5.26 Å². The average Bonchev–Trinajstić information content (AvgIpc) is 3.14. The normalized spacial score (nSPS) is 14.3. The molecule has 4 aromatic rings. The summed E-state index contributed by atoms with van der Waals surface area (Å²) < 4.78 is 18.5. The number of rotatable bonds is 16. The van der Waals surface area contributed by atoms with Crippen LogP contribution in [0.25, 0.3) is 11.1 Å². The van der Waals surface area contributed by atoms with E-state index in [2.05, 4.69) is 29.0 Å². The summed E-state index contributed by atoms with van der Waals surface area (Å²) in [6.07, 6.45) is 7.40. The maximum Gasteiger partial charge on any atom is 0.320 e. The Morgan fingerprint density at radius 1 is 1.06 bits per heavy atom. The maximum absolute atomic E-state index is 12.0. The molecule has 51 heavy (non-hydrogen) atoms. The van der Waals surface area contributed by atoms with Crippen LogP contribution in [0.3, 0.4) is 0 Å². The minimum Gasteiger partial charge on any atom is -0.494 e. The van der Waals surface area contributed by atoms with Gasteiger partial charge in [0.1, 0.15) is 42.6 Å². The van der Waals surface area contributed by atoms with Gasteiger partial charge in [-0.05, 0) is 85.3 Å². The number of ether oxygens (including phenoxy) is 3. The number of likely N-dealkylation sites (tertiary alicyclic amines) is 1. The highest BCUT2D eigenvalue weighted by Crippen LogP contribution is 2.36. The number of aliphatic carboxylic acids is 1. The quantitative estimate of drug-likeness (QED) is 0.0912. The summed E-state index contributed by atoms with van der Waals surface area (Å²) >= 11 is 6.81. The maximum atomic E-state index is 12.0. The standard InChI is InChI=1S/C40H41ClN4O6/c1-3-39(46)44-14-8-16-49-33-11-6-9-30(18-33)34-12-7-10-31(27(34)2)26-51-38-20-37(50-25-29-17-28(21-42)22-43-23-29)32(19-35(38)41)24-45-15-5-4-13-36(45)40(47)48/h3,6-7,9-12,17-20,22-23,36H,1,4-5,8,13-16,24-26H2,2H3,(H,44,46)(H,47,48)/t36-/m0/s1. The van der Waals surface area contributed by atoms with Gasteiger partial charge < -0.3 is 24.6 Å². The Balaban J connectivity index is 1.33. The van der Waals surface area contributed by atoms with Gasteiger partial charge in [-0.1, -0.05) is 54.9 Å². The number of nitrogens with zero attached hydrogens (tertiary/aromatic N) is 3. The minimum atomic E-state index is -0.842. The number of aromatic nitrogens is 1. The molecular weight excluding hydrogens is 668 g/mol. The molecule has 1 aliphatic rings. The number of pyridine rings is 1. The van der Waals surface area contributed by atoms with E-state index >= 15 is 0 Å². The molecule has 1 aliphatic heterocycles. The number of hydrogen-bond donors (Lipinski definition) is 2. The van der Waals surface area contributed by atoms with Crippen LogP contribution in [-0.4, -0.2) is 52.6 Å². The monoisotopic (exact) mass is 708 g/mol. The Hall–Kier alpha value is -5.37. The van der Waals surface area contributed by atoms with Gasteiger partial charge in [-0.25, -0.2) is 0 Å². The Kier molecular flexibility index (Phi) is 13.1. The van der Waals surface area contributed by atoms with Crippen molar-refractivity contribution in [2.75, 3.05) is 19.7 Å². The molecule has 0 aliphatic carbocycles. The number of carbonyl (C=O) groups excluding carboxylic acids is 1. The Bertz CT molecular complexity index is 1910. The largest absolute Gasteiger partial charge is 0.494 e. The van der Waals surface area contributed by atoms with Crippen molar-refractivity contribution in [2.24, 2.45) is 0 Å². The summed E-state index contributed by atoms with van der Waals surface area (Å²) in [6, 6.07) is 20.7. The fourth-order valence-electron chi connectivity index (χ4n) is 6.02. The van der Waals surface area contributed by atoms with Crippen molar-refractivity contribution in [3.05, 3.63) is 119 Å². The average molecular weight is 709 g/mol. The first kappa shape index (κ1) is 36.9. The number of nitriles is 1. The highest BCUT2D eigenvalue weighted by molar-refractivity contribution is 6.32. The molecule has 0 radical (unpaired) electrons. The second-order valence-electron chi connectivity index (χ2n) is 12.3. The predicted molar refractivity (Wildman–Crippen MR) is 195 cm³/mol. The molecule has 2 heterocycles. The predicted octanol–water partition coefficient (Wildman–Crippen LogP) is 7.25. The lowest BCUT2D eigenvalue weighted by atomic mass is 9.96. The van der Waals surface area contributed by atoms with Gasteiger partial charge in [-0.15, -0.1) is 0 Å². The summed E-state index contributed by atoms with van der Waals surface area (Å²) in [5, 5.41) is 22.3. The van der Waals surface area contributed by atoms with Crippen LogP contribution in [0.15, 0.2) is 85.7 Å². The molecule has 0 saturated carbocycles. The molecule has 1 amide bonds. The van der Waals surface area contributed by atoms with Crippen LogP contribution in [0, 0.1) is 18.3 Å². The van der Waals surface area contributed by atoms with Crippen molar-refractivity contribution in [3.63, 3.8) is 0 Å². The van der Waals surface area contributed by atoms with E-state index < -0.39 is 12.0 Å². The van der Waals surface area contributed by atoms with Crippen LogP contribution in [0.4, 0.5) is 0 Å². The van der Waals surface area contributed by atoms with Gasteiger partial charge in [-0.3, -0.25) is 19.5 Å². The van der Waals surface area contributed by atoms with Gasteiger partial charge in [0.25, 0.3) is 0 Å². The topological polar surface area (TPSA) is 134 Å². The van der Waals surface area contributed by atoms with Crippen molar-refractivity contribution in [3.8, 4) is 34.4 Å². The number of amides is 1. The van der Waals surface area contributed by atoms with Gasteiger partial charge in [0.05, 0.1) is 17.2 Å². The van der Waals surface area contributed by atoms with E-state index in [-0.39, 0.29) is 19.1 Å². The fraction of sp³-hybridized carbons (Fsp3) is 0.300. The smallest absolute Gasteiger partial charge is 0.320 e. The summed E-state index contributed by atoms with van der Waals surface area (Å²) in [7, 11) is 0. The van der Waals surface area contributed by atoms with Crippen molar-refractivity contribution < 1.29 is 28.9 Å². The van der Waals surface area contributed by atoms with E-state index in [1.165, 1.54) is 12.3 Å². The molecule has 2 N–H and O–H groups in total. The van der Waals surface area contributed by atoms with Crippen LogP contribution < -0.4 is 19.5 Å². The number of halogens is 1. The molecule has 0 unspecified atom stereocenters. The number of carboxylic acids is 1. The second-order valence-corrected chi connectivity index (χ2v) is 12.7. The van der Waals surface area contributed by atoms with Gasteiger partial charge in [0.15, 0.2) is 0 Å². The third-order valence-electron chi connectivity index (χ3n) is 8.75. The van der Waals surface area contributed by atoms with Crippen molar-refractivity contribution >= 4 is 23.5 Å². The van der Waals surface area contributed by atoms with Crippen LogP contribution in [-0.2, 0) is 29.3 Å². The molecule has 264 valence electrons. The lowest BCUT2D eigenvalue weighted by Crippen LogP contribution is -2.44. The molecule has 5 rings (SSSR count). The summed E-state index contributed by atoms with van der Waals surface area (Å²) in [4.78, 5) is 29.5. The molecule has 0 spiro atoms. The Morgan fingerprint density at radius 3 is 2.69 bits per heavy atom. The molecular formula is C40H41ClN4O6. The molecule has 11 heteroatoms. The number of piperidine rings is 1. The zero-order valence-corrected chi connectivity index (χ0v) is 29.3. The van der Waals surface area contributed by atoms with Crippen LogP contribution in [0.5, 0.6) is 17.2 Å². The number of benzene rings is 3. The van der Waals surface area contributed by atoms with E-state index in [0.29, 0.717) is 61.2 Å². The van der Waals surface area contributed by atoms with Crippen molar-refractivity contribution in [2.45, 2.75) is 58.4 Å². The van der Waals surface area contributed by atoms with Crippen LogP contribution in [0.2, 0.25) is 5.02 Å². The first-order valence-corrected chi connectivity index (χ1v) is 17.2. The molecule has 1 atom stereocenters. The molecule has 1 aromatic heterocycles.